The summed E-state index contributed by atoms with van der Waals surface area (Å²) in [6, 6.07) is 4.40. The van der Waals surface area contributed by atoms with Gasteiger partial charge in [0.25, 0.3) is 5.91 Å². The molecule has 1 amide bonds. The molecule has 1 unspecified atom stereocenters. The van der Waals surface area contributed by atoms with Gasteiger partial charge in [0.05, 0.1) is 12.7 Å². The monoisotopic (exact) mass is 291 g/mol. The quantitative estimate of drug-likeness (QED) is 0.921. The standard InChI is InChI=1S/C16H25N3O2/c1-2-14-12-18(10-11-21-14)16(20)15-4-3-9-19(15)13-5-7-17-8-6-13/h3-4,9,13-14,17H,2,5-8,10-12H2,1H3. The third kappa shape index (κ3) is 3.14. The second kappa shape index (κ2) is 6.62. The van der Waals surface area contributed by atoms with Gasteiger partial charge in [0.15, 0.2) is 0 Å². The molecule has 2 aliphatic heterocycles. The lowest BCUT2D eigenvalue weighted by Crippen LogP contribution is -2.46. The normalized spacial score (nSPS) is 24.2. The molecule has 1 aromatic rings. The smallest absolute Gasteiger partial charge is 0.270 e. The van der Waals surface area contributed by atoms with E-state index in [-0.39, 0.29) is 12.0 Å². The minimum absolute atomic E-state index is 0.153. The van der Waals surface area contributed by atoms with Crippen LogP contribution >= 0.6 is 0 Å². The fourth-order valence-electron chi connectivity index (χ4n) is 3.29. The van der Waals surface area contributed by atoms with Crippen LogP contribution in [0.25, 0.3) is 0 Å². The molecule has 5 heteroatoms. The van der Waals surface area contributed by atoms with E-state index in [9.17, 15) is 4.79 Å². The molecule has 2 aliphatic rings. The summed E-state index contributed by atoms with van der Waals surface area (Å²) in [5, 5.41) is 3.38. The summed E-state index contributed by atoms with van der Waals surface area (Å²) in [6.45, 7) is 6.24. The summed E-state index contributed by atoms with van der Waals surface area (Å²) in [6.07, 6.45) is 5.38. The summed E-state index contributed by atoms with van der Waals surface area (Å²) in [4.78, 5) is 14.8. The van der Waals surface area contributed by atoms with Crippen molar-refractivity contribution >= 4 is 5.91 Å². The van der Waals surface area contributed by atoms with E-state index in [1.807, 2.05) is 17.0 Å². The Hall–Kier alpha value is -1.33. The number of carbonyl (C=O) groups is 1. The average Bonchev–Trinajstić information content (AvgIpc) is 3.04. The van der Waals surface area contributed by atoms with E-state index in [0.717, 1.165) is 38.0 Å². The van der Waals surface area contributed by atoms with Crippen LogP contribution in [0, 0.1) is 0 Å². The summed E-state index contributed by atoms with van der Waals surface area (Å²) in [5.41, 5.74) is 0.832. The van der Waals surface area contributed by atoms with Gasteiger partial charge in [-0.15, -0.1) is 0 Å². The Morgan fingerprint density at radius 2 is 2.24 bits per heavy atom. The zero-order valence-electron chi connectivity index (χ0n) is 12.8. The van der Waals surface area contributed by atoms with Gasteiger partial charge in [-0.2, -0.15) is 0 Å². The molecule has 1 N–H and O–H groups in total. The number of aromatic nitrogens is 1. The molecule has 0 saturated carbocycles. The molecule has 1 atom stereocenters. The predicted molar refractivity (Wildman–Crippen MR) is 81.5 cm³/mol. The van der Waals surface area contributed by atoms with Gasteiger partial charge in [-0.25, -0.2) is 0 Å². The lowest BCUT2D eigenvalue weighted by molar-refractivity contribution is -0.0230. The van der Waals surface area contributed by atoms with Crippen LogP contribution in [0.1, 0.15) is 42.7 Å². The molecule has 2 saturated heterocycles. The first-order chi connectivity index (χ1) is 10.3. The van der Waals surface area contributed by atoms with Crippen LogP contribution in [-0.4, -0.2) is 54.3 Å². The van der Waals surface area contributed by atoms with Gasteiger partial charge in [-0.1, -0.05) is 6.92 Å². The van der Waals surface area contributed by atoms with Gasteiger partial charge in [0, 0.05) is 25.3 Å². The van der Waals surface area contributed by atoms with E-state index < -0.39 is 0 Å². The maximum Gasteiger partial charge on any atom is 0.270 e. The van der Waals surface area contributed by atoms with E-state index >= 15 is 0 Å². The van der Waals surface area contributed by atoms with Crippen LogP contribution < -0.4 is 5.32 Å². The molecule has 116 valence electrons. The maximum atomic E-state index is 12.8. The Morgan fingerprint density at radius 3 is 3.00 bits per heavy atom. The van der Waals surface area contributed by atoms with Crippen molar-refractivity contribution in [3.05, 3.63) is 24.0 Å². The van der Waals surface area contributed by atoms with Crippen LogP contribution in [0.3, 0.4) is 0 Å². The molecule has 5 nitrogen and oxygen atoms in total. The number of hydrogen-bond donors (Lipinski definition) is 1. The topological polar surface area (TPSA) is 46.5 Å². The number of nitrogens with one attached hydrogen (secondary N) is 1. The molecule has 3 heterocycles. The summed E-state index contributed by atoms with van der Waals surface area (Å²) >= 11 is 0. The van der Waals surface area contributed by atoms with Gasteiger partial charge in [-0.05, 0) is 44.5 Å². The minimum Gasteiger partial charge on any atom is -0.375 e. The van der Waals surface area contributed by atoms with Crippen molar-refractivity contribution < 1.29 is 9.53 Å². The van der Waals surface area contributed by atoms with E-state index in [1.165, 1.54) is 0 Å². The second-order valence-corrected chi connectivity index (χ2v) is 5.93. The molecule has 21 heavy (non-hydrogen) atoms. The number of ether oxygens (including phenoxy) is 1. The molecule has 3 rings (SSSR count). The van der Waals surface area contributed by atoms with Gasteiger partial charge in [0.2, 0.25) is 0 Å². The highest BCUT2D eigenvalue weighted by molar-refractivity contribution is 5.93. The van der Waals surface area contributed by atoms with Crippen molar-refractivity contribution in [1.29, 1.82) is 0 Å². The zero-order chi connectivity index (χ0) is 14.7. The van der Waals surface area contributed by atoms with Crippen molar-refractivity contribution in [3.63, 3.8) is 0 Å². The number of morpholine rings is 1. The Morgan fingerprint density at radius 1 is 1.43 bits per heavy atom. The number of piperidine rings is 1. The lowest BCUT2D eigenvalue weighted by atomic mass is 10.1. The molecule has 0 bridgehead atoms. The van der Waals surface area contributed by atoms with Crippen LogP contribution in [0.15, 0.2) is 18.3 Å². The highest BCUT2D eigenvalue weighted by atomic mass is 16.5. The average molecular weight is 291 g/mol. The second-order valence-electron chi connectivity index (χ2n) is 5.93. The summed E-state index contributed by atoms with van der Waals surface area (Å²) in [7, 11) is 0. The highest BCUT2D eigenvalue weighted by Gasteiger charge is 2.27. The highest BCUT2D eigenvalue weighted by Crippen LogP contribution is 2.22. The number of hydrogen-bond acceptors (Lipinski definition) is 3. The Bertz CT molecular complexity index is 480. The van der Waals surface area contributed by atoms with E-state index in [2.05, 4.69) is 23.0 Å². The molecule has 0 radical (unpaired) electrons. The van der Waals surface area contributed by atoms with Crippen molar-refractivity contribution in [2.24, 2.45) is 0 Å². The maximum absolute atomic E-state index is 12.8. The summed E-state index contributed by atoms with van der Waals surface area (Å²) in [5.74, 6) is 0.153. The first-order valence-electron chi connectivity index (χ1n) is 8.08. The molecule has 0 aromatic carbocycles. The molecule has 1 aromatic heterocycles. The molecule has 0 spiro atoms. The van der Waals surface area contributed by atoms with Crippen LogP contribution in [-0.2, 0) is 4.74 Å². The number of nitrogens with zero attached hydrogens (tertiary/aromatic N) is 2. The van der Waals surface area contributed by atoms with E-state index in [1.54, 1.807) is 0 Å². The Labute approximate surface area is 126 Å². The van der Waals surface area contributed by atoms with Gasteiger partial charge >= 0.3 is 0 Å². The number of rotatable bonds is 3. The molecule has 2 fully saturated rings. The Kier molecular flexibility index (Phi) is 4.60. The van der Waals surface area contributed by atoms with Crippen molar-refractivity contribution in [1.82, 2.24) is 14.8 Å². The molecular weight excluding hydrogens is 266 g/mol. The number of amides is 1. The van der Waals surface area contributed by atoms with Crippen LogP contribution in [0.5, 0.6) is 0 Å². The largest absolute Gasteiger partial charge is 0.375 e. The zero-order valence-corrected chi connectivity index (χ0v) is 12.8. The SMILES string of the molecule is CCC1CN(C(=O)c2cccn2C2CCNCC2)CCO1. The van der Waals surface area contributed by atoms with Crippen LogP contribution in [0.4, 0.5) is 0 Å². The van der Waals surface area contributed by atoms with Gasteiger partial charge < -0.3 is 19.5 Å². The fourth-order valence-corrected chi connectivity index (χ4v) is 3.29. The van der Waals surface area contributed by atoms with E-state index in [0.29, 0.717) is 25.7 Å². The number of carbonyl (C=O) groups excluding carboxylic acids is 1. The van der Waals surface area contributed by atoms with Gasteiger partial charge in [0.1, 0.15) is 5.69 Å². The van der Waals surface area contributed by atoms with Crippen LogP contribution in [0.2, 0.25) is 0 Å². The third-order valence-corrected chi connectivity index (χ3v) is 4.58. The predicted octanol–water partition coefficient (Wildman–Crippen LogP) is 1.66. The van der Waals surface area contributed by atoms with Crippen molar-refractivity contribution in [2.45, 2.75) is 38.3 Å². The third-order valence-electron chi connectivity index (χ3n) is 4.58. The van der Waals surface area contributed by atoms with Crippen molar-refractivity contribution in [3.8, 4) is 0 Å². The van der Waals surface area contributed by atoms with Gasteiger partial charge in [-0.3, -0.25) is 4.79 Å². The van der Waals surface area contributed by atoms with E-state index in [4.69, 9.17) is 4.74 Å². The minimum atomic E-state index is 0.153. The summed E-state index contributed by atoms with van der Waals surface area (Å²) < 4.78 is 7.84. The van der Waals surface area contributed by atoms with Crippen molar-refractivity contribution in [2.75, 3.05) is 32.8 Å². The molecule has 0 aliphatic carbocycles. The lowest BCUT2D eigenvalue weighted by Gasteiger charge is -2.33. The first kappa shape index (κ1) is 14.6. The Balaban J connectivity index is 1.74. The first-order valence-corrected chi connectivity index (χ1v) is 8.08. The fraction of sp³-hybridized carbons (Fsp3) is 0.688. The molecular formula is C16H25N3O2.